The minimum atomic E-state index is -0.858. The van der Waals surface area contributed by atoms with Crippen LogP contribution in [0.2, 0.25) is 0 Å². The maximum atomic E-state index is 13.2. The SMILES string of the molecule is N#CC[C@H](N)c1c(F)ccc(N)c1O. The molecule has 0 unspecified atom stereocenters. The van der Waals surface area contributed by atoms with Crippen LogP contribution in [0.3, 0.4) is 0 Å². The molecule has 0 aliphatic rings. The molecule has 0 aliphatic heterocycles. The molecular formula is C9H10FN3O. The Labute approximate surface area is 80.6 Å². The van der Waals surface area contributed by atoms with Crippen molar-refractivity contribution in [2.75, 3.05) is 5.73 Å². The maximum Gasteiger partial charge on any atom is 0.146 e. The fourth-order valence-electron chi connectivity index (χ4n) is 1.15. The molecule has 0 heterocycles. The van der Waals surface area contributed by atoms with Crippen molar-refractivity contribution in [1.29, 1.82) is 5.26 Å². The summed E-state index contributed by atoms with van der Waals surface area (Å²) in [7, 11) is 0. The van der Waals surface area contributed by atoms with E-state index in [1.807, 2.05) is 0 Å². The Bertz CT molecular complexity index is 386. The standard InChI is InChI=1S/C9H10FN3O/c10-5-1-2-7(13)9(14)8(5)6(12)3-4-11/h1-2,6,14H,3,12-13H2/t6-/m0/s1. The van der Waals surface area contributed by atoms with E-state index in [0.717, 1.165) is 6.07 Å². The number of hydrogen-bond acceptors (Lipinski definition) is 4. The maximum absolute atomic E-state index is 13.2. The lowest BCUT2D eigenvalue weighted by atomic mass is 10.0. The van der Waals surface area contributed by atoms with Crippen LogP contribution in [-0.2, 0) is 0 Å². The zero-order valence-corrected chi connectivity index (χ0v) is 7.37. The van der Waals surface area contributed by atoms with Gasteiger partial charge in [0.05, 0.1) is 18.2 Å². The summed E-state index contributed by atoms with van der Waals surface area (Å²) >= 11 is 0. The second-order valence-corrected chi connectivity index (χ2v) is 2.87. The van der Waals surface area contributed by atoms with E-state index >= 15 is 0 Å². The molecule has 0 amide bonds. The minimum absolute atomic E-state index is 0.0507. The number of nitrogens with two attached hydrogens (primary N) is 2. The molecule has 0 bridgehead atoms. The Morgan fingerprint density at radius 2 is 2.21 bits per heavy atom. The van der Waals surface area contributed by atoms with E-state index in [-0.39, 0.29) is 23.4 Å². The topological polar surface area (TPSA) is 96.1 Å². The number of benzene rings is 1. The van der Waals surface area contributed by atoms with E-state index in [9.17, 15) is 9.50 Å². The van der Waals surface area contributed by atoms with Crippen molar-refractivity contribution < 1.29 is 9.50 Å². The summed E-state index contributed by atoms with van der Waals surface area (Å²) in [6, 6.07) is 3.29. The summed E-state index contributed by atoms with van der Waals surface area (Å²) in [5.41, 5.74) is 10.8. The smallest absolute Gasteiger partial charge is 0.146 e. The number of nitrogen functional groups attached to an aromatic ring is 1. The number of hydrogen-bond donors (Lipinski definition) is 3. The number of halogens is 1. The van der Waals surface area contributed by atoms with Crippen LogP contribution < -0.4 is 11.5 Å². The summed E-state index contributed by atoms with van der Waals surface area (Å²) in [5.74, 6) is -1.03. The zero-order valence-electron chi connectivity index (χ0n) is 7.37. The summed E-state index contributed by atoms with van der Waals surface area (Å²) in [6.07, 6.45) is -0.0755. The Balaban J connectivity index is 3.19. The number of nitrogens with zero attached hydrogens (tertiary/aromatic N) is 1. The molecule has 0 radical (unpaired) electrons. The first-order chi connectivity index (χ1) is 6.57. The molecule has 5 N–H and O–H groups in total. The lowest BCUT2D eigenvalue weighted by Crippen LogP contribution is -2.12. The Morgan fingerprint density at radius 3 is 2.79 bits per heavy atom. The van der Waals surface area contributed by atoms with Gasteiger partial charge in [-0.25, -0.2) is 4.39 Å². The third kappa shape index (κ3) is 1.75. The number of rotatable bonds is 2. The van der Waals surface area contributed by atoms with Gasteiger partial charge in [-0.15, -0.1) is 0 Å². The highest BCUT2D eigenvalue weighted by Gasteiger charge is 2.17. The van der Waals surface area contributed by atoms with Crippen LogP contribution in [0.5, 0.6) is 5.75 Å². The Morgan fingerprint density at radius 1 is 1.57 bits per heavy atom. The van der Waals surface area contributed by atoms with Crippen molar-refractivity contribution in [2.45, 2.75) is 12.5 Å². The number of nitriles is 1. The van der Waals surface area contributed by atoms with E-state index in [0.29, 0.717) is 0 Å². The van der Waals surface area contributed by atoms with Crippen molar-refractivity contribution in [1.82, 2.24) is 0 Å². The molecule has 0 spiro atoms. The fourth-order valence-corrected chi connectivity index (χ4v) is 1.15. The van der Waals surface area contributed by atoms with Crippen LogP contribution in [0.4, 0.5) is 10.1 Å². The number of aromatic hydroxyl groups is 1. The van der Waals surface area contributed by atoms with Gasteiger partial charge in [-0.2, -0.15) is 5.26 Å². The first-order valence-corrected chi connectivity index (χ1v) is 3.97. The molecule has 0 saturated carbocycles. The molecule has 0 aliphatic carbocycles. The van der Waals surface area contributed by atoms with Crippen LogP contribution in [0.1, 0.15) is 18.0 Å². The molecule has 0 aromatic heterocycles. The zero-order chi connectivity index (χ0) is 10.7. The summed E-state index contributed by atoms with van der Waals surface area (Å²) in [4.78, 5) is 0. The minimum Gasteiger partial charge on any atom is -0.505 e. The molecule has 1 atom stereocenters. The van der Waals surface area contributed by atoms with E-state index in [1.165, 1.54) is 6.07 Å². The molecule has 4 nitrogen and oxygen atoms in total. The van der Waals surface area contributed by atoms with Gasteiger partial charge in [0.15, 0.2) is 0 Å². The molecule has 74 valence electrons. The Kier molecular flexibility index (Phi) is 2.89. The molecule has 5 heteroatoms. The van der Waals surface area contributed by atoms with Crippen LogP contribution >= 0.6 is 0 Å². The van der Waals surface area contributed by atoms with Gasteiger partial charge in [0.1, 0.15) is 11.6 Å². The van der Waals surface area contributed by atoms with Crippen LogP contribution in [0, 0.1) is 17.1 Å². The second-order valence-electron chi connectivity index (χ2n) is 2.87. The summed E-state index contributed by atoms with van der Waals surface area (Å²) in [5, 5.41) is 17.8. The van der Waals surface area contributed by atoms with Crippen LogP contribution in [0.15, 0.2) is 12.1 Å². The van der Waals surface area contributed by atoms with Gasteiger partial charge in [0.25, 0.3) is 0 Å². The summed E-state index contributed by atoms with van der Waals surface area (Å²) in [6.45, 7) is 0. The van der Waals surface area contributed by atoms with Crippen molar-refractivity contribution in [3.63, 3.8) is 0 Å². The van der Waals surface area contributed by atoms with Crippen molar-refractivity contribution in [2.24, 2.45) is 5.73 Å². The van der Waals surface area contributed by atoms with Gasteiger partial charge in [-0.05, 0) is 12.1 Å². The van der Waals surface area contributed by atoms with Gasteiger partial charge in [-0.1, -0.05) is 0 Å². The number of phenolic OH excluding ortho intramolecular Hbond substituents is 1. The van der Waals surface area contributed by atoms with Crippen molar-refractivity contribution in [3.8, 4) is 11.8 Å². The van der Waals surface area contributed by atoms with E-state index < -0.39 is 11.9 Å². The Hall–Kier alpha value is -1.80. The number of phenols is 1. The third-order valence-corrected chi connectivity index (χ3v) is 1.88. The number of anilines is 1. The molecule has 0 saturated heterocycles. The van der Waals surface area contributed by atoms with Crippen molar-refractivity contribution >= 4 is 5.69 Å². The normalized spacial score (nSPS) is 12.1. The first-order valence-electron chi connectivity index (χ1n) is 3.97. The molecule has 14 heavy (non-hydrogen) atoms. The van der Waals surface area contributed by atoms with Gasteiger partial charge in [0.2, 0.25) is 0 Å². The second kappa shape index (κ2) is 3.94. The quantitative estimate of drug-likeness (QED) is 0.485. The average Bonchev–Trinajstić information content (AvgIpc) is 2.13. The van der Waals surface area contributed by atoms with Gasteiger partial charge in [-0.3, -0.25) is 0 Å². The molecule has 1 aromatic carbocycles. The fraction of sp³-hybridized carbons (Fsp3) is 0.222. The highest BCUT2D eigenvalue weighted by Crippen LogP contribution is 2.32. The van der Waals surface area contributed by atoms with Crippen LogP contribution in [0.25, 0.3) is 0 Å². The van der Waals surface area contributed by atoms with Gasteiger partial charge < -0.3 is 16.6 Å². The van der Waals surface area contributed by atoms with Crippen molar-refractivity contribution in [3.05, 3.63) is 23.5 Å². The molecule has 1 rings (SSSR count). The van der Waals surface area contributed by atoms with E-state index in [4.69, 9.17) is 16.7 Å². The highest BCUT2D eigenvalue weighted by atomic mass is 19.1. The predicted octanol–water partition coefficient (Wildman–Crippen LogP) is 1.03. The van der Waals surface area contributed by atoms with E-state index in [1.54, 1.807) is 6.07 Å². The first kappa shape index (κ1) is 10.3. The lowest BCUT2D eigenvalue weighted by Gasteiger charge is -2.12. The van der Waals surface area contributed by atoms with Gasteiger partial charge in [0, 0.05) is 11.6 Å². The molecule has 0 fully saturated rings. The van der Waals surface area contributed by atoms with E-state index in [2.05, 4.69) is 0 Å². The highest BCUT2D eigenvalue weighted by molar-refractivity contribution is 5.57. The van der Waals surface area contributed by atoms with Gasteiger partial charge >= 0.3 is 0 Å². The van der Waals surface area contributed by atoms with Crippen LogP contribution in [-0.4, -0.2) is 5.11 Å². The monoisotopic (exact) mass is 195 g/mol. The molecular weight excluding hydrogens is 185 g/mol. The molecule has 1 aromatic rings. The third-order valence-electron chi connectivity index (χ3n) is 1.88. The lowest BCUT2D eigenvalue weighted by molar-refractivity contribution is 0.452. The summed E-state index contributed by atoms with van der Waals surface area (Å²) < 4.78 is 13.2. The largest absolute Gasteiger partial charge is 0.505 e. The average molecular weight is 195 g/mol. The predicted molar refractivity (Wildman–Crippen MR) is 49.6 cm³/mol.